The number of amides is 2. The van der Waals surface area contributed by atoms with Gasteiger partial charge in [-0.05, 0) is 19.1 Å². The molecular weight excluding hydrogens is 444 g/mol. The summed E-state index contributed by atoms with van der Waals surface area (Å²) in [6.45, 7) is 6.01. The van der Waals surface area contributed by atoms with E-state index in [9.17, 15) is 9.59 Å². The van der Waals surface area contributed by atoms with Gasteiger partial charge in [0, 0.05) is 18.1 Å². The van der Waals surface area contributed by atoms with Gasteiger partial charge in [-0.2, -0.15) is 0 Å². The van der Waals surface area contributed by atoms with E-state index in [4.69, 9.17) is 11.6 Å². The van der Waals surface area contributed by atoms with Crippen molar-refractivity contribution in [2.45, 2.75) is 24.7 Å². The summed E-state index contributed by atoms with van der Waals surface area (Å²) in [6, 6.07) is 6.39. The maximum Gasteiger partial charge on any atom is 0.253 e. The molecule has 0 spiro atoms. The molecule has 0 bridgehead atoms. The third-order valence-corrected chi connectivity index (χ3v) is 5.91. The molecule has 3 aromatic rings. The van der Waals surface area contributed by atoms with Crippen molar-refractivity contribution < 1.29 is 9.59 Å². The predicted molar refractivity (Wildman–Crippen MR) is 119 cm³/mol. The summed E-state index contributed by atoms with van der Waals surface area (Å²) >= 11 is 8.70. The fourth-order valence-corrected chi connectivity index (χ4v) is 4.10. The number of aromatic nitrogens is 4. The van der Waals surface area contributed by atoms with Crippen LogP contribution in [0.2, 0.25) is 5.02 Å². The van der Waals surface area contributed by atoms with Crippen molar-refractivity contribution in [2.24, 2.45) is 0 Å². The Balaban J connectivity index is 1.68. The molecule has 0 aliphatic rings. The lowest BCUT2D eigenvalue weighted by molar-refractivity contribution is -0.113. The first-order chi connectivity index (χ1) is 14.5. The number of carbonyl (C=O) groups is 2. The van der Waals surface area contributed by atoms with Crippen molar-refractivity contribution in [2.75, 3.05) is 11.1 Å². The smallest absolute Gasteiger partial charge is 0.253 e. The Hall–Kier alpha value is -2.69. The first-order valence-corrected chi connectivity index (χ1v) is 11.2. The number of thioether (sulfide) groups is 1. The van der Waals surface area contributed by atoms with E-state index < -0.39 is 6.04 Å². The average Bonchev–Trinajstić information content (AvgIpc) is 3.37. The monoisotopic (exact) mass is 462 g/mol. The van der Waals surface area contributed by atoms with Crippen LogP contribution >= 0.6 is 34.7 Å². The van der Waals surface area contributed by atoms with Crippen LogP contribution in [0.1, 0.15) is 29.1 Å². The van der Waals surface area contributed by atoms with Crippen LogP contribution in [-0.2, 0) is 11.3 Å². The minimum Gasteiger partial charge on any atom is -0.342 e. The second-order valence-corrected chi connectivity index (χ2v) is 8.33. The van der Waals surface area contributed by atoms with E-state index in [-0.39, 0.29) is 17.6 Å². The van der Waals surface area contributed by atoms with Crippen LogP contribution in [0, 0.1) is 0 Å². The summed E-state index contributed by atoms with van der Waals surface area (Å²) in [6.07, 6.45) is 3.33. The number of rotatable bonds is 9. The average molecular weight is 463 g/mol. The minimum absolute atomic E-state index is 0.148. The molecule has 2 N–H and O–H groups in total. The van der Waals surface area contributed by atoms with Gasteiger partial charge in [-0.1, -0.05) is 41.6 Å². The molecule has 0 saturated carbocycles. The standard InChI is InChI=1S/C19H19ClN6O2S2/c1-3-9-26-16(12(2)22-17(28)13-6-4-5-7-14(13)20)24-25-19(26)30-11-15(27)23-18-21-8-10-29-18/h3-8,10,12H,1,9,11H2,2H3,(H,22,28)(H,21,23,27)/t12-/m0/s1. The number of hydrogen-bond acceptors (Lipinski definition) is 7. The summed E-state index contributed by atoms with van der Waals surface area (Å²) in [5.41, 5.74) is 0.384. The Labute approximate surface area is 186 Å². The highest BCUT2D eigenvalue weighted by Crippen LogP contribution is 2.22. The van der Waals surface area contributed by atoms with Crippen LogP contribution < -0.4 is 10.6 Å². The molecule has 0 aliphatic carbocycles. The molecule has 1 aromatic carbocycles. The lowest BCUT2D eigenvalue weighted by Gasteiger charge is -2.15. The fourth-order valence-electron chi connectivity index (χ4n) is 2.58. The fraction of sp³-hybridized carbons (Fsp3) is 0.211. The van der Waals surface area contributed by atoms with Crippen molar-refractivity contribution >= 4 is 51.6 Å². The lowest BCUT2D eigenvalue weighted by Crippen LogP contribution is -2.29. The molecule has 156 valence electrons. The van der Waals surface area contributed by atoms with Gasteiger partial charge in [0.1, 0.15) is 0 Å². The molecule has 2 amide bonds. The zero-order valence-corrected chi connectivity index (χ0v) is 18.4. The van der Waals surface area contributed by atoms with Crippen LogP contribution in [0.3, 0.4) is 0 Å². The van der Waals surface area contributed by atoms with Gasteiger partial charge >= 0.3 is 0 Å². The van der Waals surface area contributed by atoms with Gasteiger partial charge in [0.15, 0.2) is 16.1 Å². The number of benzene rings is 1. The topological polar surface area (TPSA) is 102 Å². The van der Waals surface area contributed by atoms with E-state index in [1.54, 1.807) is 41.9 Å². The molecule has 0 unspecified atom stereocenters. The van der Waals surface area contributed by atoms with Gasteiger partial charge < -0.3 is 15.2 Å². The van der Waals surface area contributed by atoms with Crippen LogP contribution in [-0.4, -0.2) is 37.3 Å². The van der Waals surface area contributed by atoms with E-state index in [2.05, 4.69) is 32.4 Å². The minimum atomic E-state index is -0.431. The van der Waals surface area contributed by atoms with E-state index in [1.165, 1.54) is 23.1 Å². The summed E-state index contributed by atoms with van der Waals surface area (Å²) < 4.78 is 1.81. The van der Waals surface area contributed by atoms with Crippen molar-refractivity contribution in [1.82, 2.24) is 25.1 Å². The Morgan fingerprint density at radius 2 is 2.17 bits per heavy atom. The molecule has 30 heavy (non-hydrogen) atoms. The Bertz CT molecular complexity index is 1040. The molecule has 0 saturated heterocycles. The number of nitrogens with zero attached hydrogens (tertiary/aromatic N) is 4. The number of halogens is 1. The first kappa shape index (κ1) is 22.0. The number of nitrogens with one attached hydrogen (secondary N) is 2. The van der Waals surface area contributed by atoms with Crippen LogP contribution in [0.25, 0.3) is 0 Å². The Morgan fingerprint density at radius 3 is 2.87 bits per heavy atom. The molecule has 2 heterocycles. The van der Waals surface area contributed by atoms with E-state index in [1.807, 2.05) is 11.5 Å². The van der Waals surface area contributed by atoms with Gasteiger partial charge in [0.05, 0.1) is 22.4 Å². The van der Waals surface area contributed by atoms with Gasteiger partial charge in [0.25, 0.3) is 5.91 Å². The van der Waals surface area contributed by atoms with Gasteiger partial charge in [0.2, 0.25) is 5.91 Å². The van der Waals surface area contributed by atoms with Gasteiger partial charge in [-0.15, -0.1) is 28.1 Å². The maximum atomic E-state index is 12.6. The highest BCUT2D eigenvalue weighted by atomic mass is 35.5. The number of anilines is 1. The van der Waals surface area contributed by atoms with Crippen LogP contribution in [0.4, 0.5) is 5.13 Å². The summed E-state index contributed by atoms with van der Waals surface area (Å²) in [5, 5.41) is 17.3. The molecule has 1 atom stereocenters. The zero-order valence-electron chi connectivity index (χ0n) is 16.0. The van der Waals surface area contributed by atoms with E-state index in [0.29, 0.717) is 33.2 Å². The SMILES string of the molecule is C=CCn1c(SCC(=O)Nc2nccs2)nnc1[C@H](C)NC(=O)c1ccccc1Cl. The number of allylic oxidation sites excluding steroid dienone is 1. The second-order valence-electron chi connectivity index (χ2n) is 6.09. The third-order valence-electron chi connectivity index (χ3n) is 3.92. The molecular formula is C19H19ClN6O2S2. The number of carbonyl (C=O) groups excluding carboxylic acids is 2. The third kappa shape index (κ3) is 5.47. The molecule has 8 nitrogen and oxygen atoms in total. The van der Waals surface area contributed by atoms with Crippen LogP contribution in [0.15, 0.2) is 53.7 Å². The summed E-state index contributed by atoms with van der Waals surface area (Å²) in [5.74, 6) is 0.205. The molecule has 11 heteroatoms. The Kier molecular flexibility index (Phi) is 7.61. The largest absolute Gasteiger partial charge is 0.342 e. The Morgan fingerprint density at radius 1 is 1.37 bits per heavy atom. The summed E-state index contributed by atoms with van der Waals surface area (Å²) in [7, 11) is 0. The van der Waals surface area contributed by atoms with Crippen LogP contribution in [0.5, 0.6) is 0 Å². The molecule has 0 aliphatic heterocycles. The number of hydrogen-bond donors (Lipinski definition) is 2. The zero-order chi connectivity index (χ0) is 21.5. The second kappa shape index (κ2) is 10.4. The quantitative estimate of drug-likeness (QED) is 0.370. The molecule has 3 rings (SSSR count). The highest BCUT2D eigenvalue weighted by Gasteiger charge is 2.21. The highest BCUT2D eigenvalue weighted by molar-refractivity contribution is 7.99. The van der Waals surface area contributed by atoms with Crippen molar-refractivity contribution in [3.05, 3.63) is 64.9 Å². The normalized spacial score (nSPS) is 11.7. The molecule has 2 aromatic heterocycles. The first-order valence-electron chi connectivity index (χ1n) is 8.91. The predicted octanol–water partition coefficient (Wildman–Crippen LogP) is 3.80. The van der Waals surface area contributed by atoms with Crippen molar-refractivity contribution in [1.29, 1.82) is 0 Å². The van der Waals surface area contributed by atoms with Gasteiger partial charge in [-0.25, -0.2) is 4.98 Å². The maximum absolute atomic E-state index is 12.6. The van der Waals surface area contributed by atoms with Crippen molar-refractivity contribution in [3.63, 3.8) is 0 Å². The van der Waals surface area contributed by atoms with Crippen molar-refractivity contribution in [3.8, 4) is 0 Å². The van der Waals surface area contributed by atoms with E-state index >= 15 is 0 Å². The molecule has 0 fully saturated rings. The lowest BCUT2D eigenvalue weighted by atomic mass is 10.2. The van der Waals surface area contributed by atoms with E-state index in [0.717, 1.165) is 0 Å². The molecule has 0 radical (unpaired) electrons. The van der Waals surface area contributed by atoms with Gasteiger partial charge in [-0.3, -0.25) is 9.59 Å². The summed E-state index contributed by atoms with van der Waals surface area (Å²) in [4.78, 5) is 28.7. The number of thiazole rings is 1.